The van der Waals surface area contributed by atoms with Gasteiger partial charge in [-0.2, -0.15) is 0 Å². The summed E-state index contributed by atoms with van der Waals surface area (Å²) in [6.45, 7) is 6.07. The largest absolute Gasteiger partial charge is 0.461 e. The average Bonchev–Trinajstić information content (AvgIpc) is 2.81. The molecule has 1 aliphatic heterocycles. The molecule has 2 rings (SSSR count). The van der Waals surface area contributed by atoms with Crippen LogP contribution in [0.1, 0.15) is 40.5 Å². The van der Waals surface area contributed by atoms with Gasteiger partial charge in [-0.1, -0.05) is 5.57 Å². The first kappa shape index (κ1) is 18.7. The highest BCUT2D eigenvalue weighted by Crippen LogP contribution is 2.33. The van der Waals surface area contributed by atoms with Crippen LogP contribution in [0.5, 0.6) is 0 Å². The fourth-order valence-corrected chi connectivity index (χ4v) is 2.79. The molecule has 0 spiro atoms. The first-order valence-electron chi connectivity index (χ1n) is 8.13. The van der Waals surface area contributed by atoms with E-state index in [1.807, 2.05) is 19.1 Å². The third-order valence-electron chi connectivity index (χ3n) is 3.96. The van der Waals surface area contributed by atoms with Gasteiger partial charge in [-0.3, -0.25) is 9.59 Å². The smallest absolute Gasteiger partial charge is 0.338 e. The second-order valence-electron chi connectivity index (χ2n) is 6.11. The lowest BCUT2D eigenvalue weighted by Gasteiger charge is -2.22. The molecule has 1 heterocycles. The predicted octanol–water partition coefficient (Wildman–Crippen LogP) is 2.54. The number of allylic oxidation sites excluding steroid dienone is 1. The molecule has 0 unspecified atom stereocenters. The molecule has 2 aliphatic rings. The number of carbonyl (C=O) groups is 3. The van der Waals surface area contributed by atoms with E-state index >= 15 is 0 Å². The quantitative estimate of drug-likeness (QED) is 0.338. The molecule has 0 aromatic carbocycles. The van der Waals surface area contributed by atoms with Crippen molar-refractivity contribution in [3.05, 3.63) is 40.2 Å². The van der Waals surface area contributed by atoms with Crippen molar-refractivity contribution >= 4 is 17.9 Å². The summed E-state index contributed by atoms with van der Waals surface area (Å²) in [6.07, 6.45) is 3.87. The lowest BCUT2D eigenvalue weighted by Crippen LogP contribution is -2.27. The summed E-state index contributed by atoms with van der Waals surface area (Å²) in [5.41, 5.74) is 5.51. The molecule has 0 amide bonds. The minimum absolute atomic E-state index is 0.206. The zero-order chi connectivity index (χ0) is 18.6. The van der Waals surface area contributed by atoms with Crippen molar-refractivity contribution in [2.45, 2.75) is 52.7 Å². The molecule has 2 atom stereocenters. The van der Waals surface area contributed by atoms with E-state index in [9.17, 15) is 14.4 Å². The Morgan fingerprint density at radius 1 is 1.28 bits per heavy atom. The molecule has 0 bridgehead atoms. The Bertz CT molecular complexity index is 718. The molecule has 134 valence electrons. The maximum atomic E-state index is 12.3. The fourth-order valence-electron chi connectivity index (χ4n) is 2.79. The van der Waals surface area contributed by atoms with Crippen LogP contribution >= 0.6 is 0 Å². The van der Waals surface area contributed by atoms with Crippen LogP contribution in [0.2, 0.25) is 0 Å². The van der Waals surface area contributed by atoms with E-state index in [0.717, 1.165) is 18.4 Å². The van der Waals surface area contributed by atoms with E-state index in [1.165, 1.54) is 13.8 Å². The molecular weight excluding hydrogens is 324 g/mol. The Morgan fingerprint density at radius 3 is 2.64 bits per heavy atom. The number of ether oxygens (including phenoxy) is 3. The van der Waals surface area contributed by atoms with Crippen LogP contribution in [0.25, 0.3) is 0 Å². The van der Waals surface area contributed by atoms with Crippen molar-refractivity contribution in [2.24, 2.45) is 0 Å². The molecule has 25 heavy (non-hydrogen) atoms. The lowest BCUT2D eigenvalue weighted by atomic mass is 9.92. The minimum atomic E-state index is -0.794. The number of rotatable bonds is 3. The van der Waals surface area contributed by atoms with Crippen LogP contribution in [0.15, 0.2) is 40.2 Å². The molecule has 0 aromatic heterocycles. The SMILES string of the molecule is CC(=O)OCC1=C2[C@@H](OC(C)=O)C(C)=C=CCC/C(C)=C\[C@@H]2OC1=O. The second kappa shape index (κ2) is 7.99. The Hall–Kier alpha value is -2.59. The van der Waals surface area contributed by atoms with E-state index in [4.69, 9.17) is 14.2 Å². The van der Waals surface area contributed by atoms with Crippen LogP contribution in [-0.4, -0.2) is 36.7 Å². The van der Waals surface area contributed by atoms with Gasteiger partial charge in [0.15, 0.2) is 6.10 Å². The van der Waals surface area contributed by atoms with E-state index < -0.39 is 30.1 Å². The molecule has 0 aromatic rings. The molecule has 0 radical (unpaired) electrons. The van der Waals surface area contributed by atoms with Gasteiger partial charge in [0, 0.05) is 25.0 Å². The zero-order valence-electron chi connectivity index (χ0n) is 14.9. The summed E-state index contributed by atoms with van der Waals surface area (Å²) in [4.78, 5) is 35.1. The highest BCUT2D eigenvalue weighted by Gasteiger charge is 2.40. The molecule has 0 N–H and O–H groups in total. The van der Waals surface area contributed by atoms with Crippen LogP contribution in [-0.2, 0) is 28.6 Å². The Balaban J connectivity index is 2.59. The van der Waals surface area contributed by atoms with Gasteiger partial charge in [0.1, 0.15) is 12.7 Å². The normalized spacial score (nSPS) is 25.4. The van der Waals surface area contributed by atoms with Crippen molar-refractivity contribution < 1.29 is 28.6 Å². The molecule has 1 aliphatic carbocycles. The maximum absolute atomic E-state index is 12.3. The van der Waals surface area contributed by atoms with Gasteiger partial charge in [-0.05, 0) is 38.8 Å². The van der Waals surface area contributed by atoms with Crippen LogP contribution in [0.3, 0.4) is 0 Å². The van der Waals surface area contributed by atoms with Crippen molar-refractivity contribution in [3.8, 4) is 0 Å². The van der Waals surface area contributed by atoms with Crippen molar-refractivity contribution in [3.63, 3.8) is 0 Å². The van der Waals surface area contributed by atoms with Crippen molar-refractivity contribution in [1.82, 2.24) is 0 Å². The highest BCUT2D eigenvalue weighted by molar-refractivity contribution is 5.94. The average molecular weight is 346 g/mol. The van der Waals surface area contributed by atoms with Gasteiger partial charge in [-0.15, -0.1) is 5.73 Å². The highest BCUT2D eigenvalue weighted by atomic mass is 16.6. The van der Waals surface area contributed by atoms with Crippen LogP contribution in [0.4, 0.5) is 0 Å². The Kier molecular flexibility index (Phi) is 5.99. The predicted molar refractivity (Wildman–Crippen MR) is 89.4 cm³/mol. The Labute approximate surface area is 146 Å². The second-order valence-corrected chi connectivity index (χ2v) is 6.11. The number of carbonyl (C=O) groups excluding carboxylic acids is 3. The van der Waals surface area contributed by atoms with Gasteiger partial charge < -0.3 is 14.2 Å². The summed E-state index contributed by atoms with van der Waals surface area (Å²) < 4.78 is 15.9. The van der Waals surface area contributed by atoms with E-state index in [-0.39, 0.29) is 12.2 Å². The molecule has 6 heteroatoms. The van der Waals surface area contributed by atoms with Crippen LogP contribution in [0, 0.1) is 0 Å². The summed E-state index contributed by atoms with van der Waals surface area (Å²) in [6, 6.07) is 0. The monoisotopic (exact) mass is 346 g/mol. The van der Waals surface area contributed by atoms with Crippen molar-refractivity contribution in [1.29, 1.82) is 0 Å². The zero-order valence-corrected chi connectivity index (χ0v) is 14.9. The topological polar surface area (TPSA) is 78.9 Å². The van der Waals surface area contributed by atoms with E-state index in [0.29, 0.717) is 11.1 Å². The van der Waals surface area contributed by atoms with Crippen molar-refractivity contribution in [2.75, 3.05) is 6.61 Å². The number of esters is 3. The van der Waals surface area contributed by atoms with E-state index in [2.05, 4.69) is 5.73 Å². The fraction of sp³-hybridized carbons (Fsp3) is 0.474. The number of hydrogen-bond acceptors (Lipinski definition) is 6. The number of fused-ring (bicyclic) bond motifs is 1. The molecule has 0 saturated heterocycles. The first-order valence-corrected chi connectivity index (χ1v) is 8.13. The summed E-state index contributed by atoms with van der Waals surface area (Å²) >= 11 is 0. The summed E-state index contributed by atoms with van der Waals surface area (Å²) in [5.74, 6) is -1.56. The third kappa shape index (κ3) is 4.70. The molecule has 6 nitrogen and oxygen atoms in total. The lowest BCUT2D eigenvalue weighted by molar-refractivity contribution is -0.144. The third-order valence-corrected chi connectivity index (χ3v) is 3.96. The summed E-state index contributed by atoms with van der Waals surface area (Å²) in [5, 5.41) is 0. The summed E-state index contributed by atoms with van der Waals surface area (Å²) in [7, 11) is 0. The van der Waals surface area contributed by atoms with Gasteiger partial charge >= 0.3 is 17.9 Å². The van der Waals surface area contributed by atoms with E-state index in [1.54, 1.807) is 6.92 Å². The van der Waals surface area contributed by atoms with Gasteiger partial charge in [0.2, 0.25) is 0 Å². The standard InChI is InChI=1S/C19H22O6/c1-11-7-5-6-8-12(2)18(24-14(4)21)17-15(10-23-13(3)20)19(22)25-16(17)9-11/h6,9,16,18H,5,7,10H2,1-4H3/b11-9-/t8?,16-,18-/m0/s1. The first-order chi connectivity index (χ1) is 11.8. The molecular formula is C19H22O6. The van der Waals surface area contributed by atoms with Gasteiger partial charge in [-0.25, -0.2) is 4.79 Å². The Morgan fingerprint density at radius 2 is 2.00 bits per heavy atom. The molecule has 0 saturated carbocycles. The van der Waals surface area contributed by atoms with Gasteiger partial charge in [0.05, 0.1) is 5.57 Å². The van der Waals surface area contributed by atoms with Gasteiger partial charge in [0.25, 0.3) is 0 Å². The minimum Gasteiger partial charge on any atom is -0.461 e. The van der Waals surface area contributed by atoms with Crippen LogP contribution < -0.4 is 0 Å². The maximum Gasteiger partial charge on any atom is 0.338 e. The molecule has 0 fully saturated rings. The number of hydrogen-bond donors (Lipinski definition) is 0.